The van der Waals surface area contributed by atoms with Crippen LogP contribution in [0.4, 0.5) is 15.8 Å². The van der Waals surface area contributed by atoms with E-state index in [1.54, 1.807) is 36.4 Å². The zero-order valence-electron chi connectivity index (χ0n) is 11.0. The Bertz CT molecular complexity index is 649. The van der Waals surface area contributed by atoms with Crippen LogP contribution < -0.4 is 10.6 Å². The molecular formula is C15H13Cl2FN2O. The third-order valence-corrected chi connectivity index (χ3v) is 3.59. The highest BCUT2D eigenvalue weighted by molar-refractivity contribution is 6.43. The Morgan fingerprint density at radius 3 is 2.52 bits per heavy atom. The maximum absolute atomic E-state index is 13.4. The van der Waals surface area contributed by atoms with Gasteiger partial charge in [0, 0.05) is 13.0 Å². The fourth-order valence-corrected chi connectivity index (χ4v) is 2.08. The van der Waals surface area contributed by atoms with Crippen molar-refractivity contribution in [1.29, 1.82) is 0 Å². The molecule has 0 atom stereocenters. The number of carbonyl (C=O) groups excluding carboxylic acids is 1. The SMILES string of the molecule is O=C(CCNc1ccccc1F)Nc1cccc(Cl)c1Cl. The largest absolute Gasteiger partial charge is 0.382 e. The molecule has 0 aromatic heterocycles. The number of amides is 1. The van der Waals surface area contributed by atoms with E-state index in [0.717, 1.165) is 0 Å². The van der Waals surface area contributed by atoms with Gasteiger partial charge >= 0.3 is 0 Å². The molecule has 2 aromatic rings. The highest BCUT2D eigenvalue weighted by Gasteiger charge is 2.08. The van der Waals surface area contributed by atoms with Gasteiger partial charge in [0.15, 0.2) is 0 Å². The summed E-state index contributed by atoms with van der Waals surface area (Å²) in [5, 5.41) is 6.20. The van der Waals surface area contributed by atoms with Crippen molar-refractivity contribution in [3.8, 4) is 0 Å². The summed E-state index contributed by atoms with van der Waals surface area (Å²) in [6.07, 6.45) is 0.178. The van der Waals surface area contributed by atoms with Crippen molar-refractivity contribution < 1.29 is 9.18 Å². The predicted octanol–water partition coefficient (Wildman–Crippen LogP) is 4.57. The van der Waals surface area contributed by atoms with E-state index in [1.807, 2.05) is 0 Å². The average molecular weight is 327 g/mol. The standard InChI is InChI=1S/C15H13Cl2FN2O/c16-10-4-3-7-13(15(10)17)20-14(21)8-9-19-12-6-2-1-5-11(12)18/h1-7,19H,8-9H2,(H,20,21). The maximum Gasteiger partial charge on any atom is 0.226 e. The average Bonchev–Trinajstić information content (AvgIpc) is 2.46. The normalized spacial score (nSPS) is 10.2. The van der Waals surface area contributed by atoms with Crippen LogP contribution in [0, 0.1) is 5.82 Å². The highest BCUT2D eigenvalue weighted by Crippen LogP contribution is 2.29. The number of rotatable bonds is 5. The van der Waals surface area contributed by atoms with Crippen LogP contribution in [-0.4, -0.2) is 12.5 Å². The lowest BCUT2D eigenvalue weighted by molar-refractivity contribution is -0.115. The van der Waals surface area contributed by atoms with Gasteiger partial charge in [0.1, 0.15) is 5.82 Å². The van der Waals surface area contributed by atoms with Crippen LogP contribution in [-0.2, 0) is 4.79 Å². The van der Waals surface area contributed by atoms with Crippen LogP contribution in [0.2, 0.25) is 10.0 Å². The topological polar surface area (TPSA) is 41.1 Å². The van der Waals surface area contributed by atoms with Crippen LogP contribution in [0.5, 0.6) is 0 Å². The number of carbonyl (C=O) groups is 1. The monoisotopic (exact) mass is 326 g/mol. The predicted molar refractivity (Wildman–Crippen MR) is 84.6 cm³/mol. The summed E-state index contributed by atoms with van der Waals surface area (Å²) in [7, 11) is 0. The molecule has 1 amide bonds. The van der Waals surface area contributed by atoms with E-state index >= 15 is 0 Å². The Balaban J connectivity index is 1.85. The van der Waals surface area contributed by atoms with Gasteiger partial charge in [0.05, 0.1) is 21.4 Å². The molecule has 3 nitrogen and oxygen atoms in total. The summed E-state index contributed by atoms with van der Waals surface area (Å²) in [4.78, 5) is 11.8. The molecule has 0 spiro atoms. The van der Waals surface area contributed by atoms with Crippen molar-refractivity contribution in [2.75, 3.05) is 17.2 Å². The molecule has 0 aliphatic carbocycles. The molecule has 6 heteroatoms. The smallest absolute Gasteiger partial charge is 0.226 e. The Labute approximate surface area is 132 Å². The van der Waals surface area contributed by atoms with Gasteiger partial charge in [-0.3, -0.25) is 4.79 Å². The lowest BCUT2D eigenvalue weighted by Crippen LogP contribution is -2.16. The quantitative estimate of drug-likeness (QED) is 0.844. The first-order valence-electron chi connectivity index (χ1n) is 6.30. The maximum atomic E-state index is 13.4. The second kappa shape index (κ2) is 7.29. The lowest BCUT2D eigenvalue weighted by Gasteiger charge is -2.09. The van der Waals surface area contributed by atoms with E-state index in [0.29, 0.717) is 28.0 Å². The number of halogens is 3. The first-order chi connectivity index (χ1) is 10.1. The van der Waals surface area contributed by atoms with Gasteiger partial charge in [-0.05, 0) is 24.3 Å². The molecule has 0 heterocycles. The van der Waals surface area contributed by atoms with E-state index in [4.69, 9.17) is 23.2 Å². The van der Waals surface area contributed by atoms with Crippen molar-refractivity contribution in [3.63, 3.8) is 0 Å². The molecule has 0 aliphatic heterocycles. The van der Waals surface area contributed by atoms with Gasteiger partial charge in [-0.25, -0.2) is 4.39 Å². The zero-order valence-corrected chi connectivity index (χ0v) is 12.5. The molecule has 110 valence electrons. The minimum atomic E-state index is -0.351. The molecule has 2 N–H and O–H groups in total. The van der Waals surface area contributed by atoms with Crippen LogP contribution in [0.15, 0.2) is 42.5 Å². The summed E-state index contributed by atoms with van der Waals surface area (Å²) in [6, 6.07) is 11.3. The molecule has 21 heavy (non-hydrogen) atoms. The molecule has 0 unspecified atom stereocenters. The lowest BCUT2D eigenvalue weighted by atomic mass is 10.3. The summed E-state index contributed by atoms with van der Waals surface area (Å²) in [5.74, 6) is -0.584. The molecular weight excluding hydrogens is 314 g/mol. The van der Waals surface area contributed by atoms with E-state index in [9.17, 15) is 9.18 Å². The minimum absolute atomic E-state index is 0.178. The third-order valence-electron chi connectivity index (χ3n) is 2.77. The van der Waals surface area contributed by atoms with Gasteiger partial charge in [-0.2, -0.15) is 0 Å². The highest BCUT2D eigenvalue weighted by atomic mass is 35.5. The van der Waals surface area contributed by atoms with Crippen molar-refractivity contribution in [3.05, 3.63) is 58.3 Å². The number of hydrogen-bond acceptors (Lipinski definition) is 2. The molecule has 2 aromatic carbocycles. The fourth-order valence-electron chi connectivity index (χ4n) is 1.73. The zero-order chi connectivity index (χ0) is 15.2. The van der Waals surface area contributed by atoms with Crippen molar-refractivity contribution in [2.45, 2.75) is 6.42 Å². The second-order valence-electron chi connectivity index (χ2n) is 4.31. The molecule has 2 rings (SSSR count). The summed E-state index contributed by atoms with van der Waals surface area (Å²) < 4.78 is 13.4. The Morgan fingerprint density at radius 2 is 1.76 bits per heavy atom. The number of hydrogen-bond donors (Lipinski definition) is 2. The third kappa shape index (κ3) is 4.34. The van der Waals surface area contributed by atoms with Gasteiger partial charge in [0.2, 0.25) is 5.91 Å². The summed E-state index contributed by atoms with van der Waals surface area (Å²) >= 11 is 11.8. The summed E-state index contributed by atoms with van der Waals surface area (Å²) in [6.45, 7) is 0.310. The van der Waals surface area contributed by atoms with Crippen molar-refractivity contribution in [2.24, 2.45) is 0 Å². The number of para-hydroxylation sites is 1. The molecule has 0 aliphatic rings. The fraction of sp³-hybridized carbons (Fsp3) is 0.133. The second-order valence-corrected chi connectivity index (χ2v) is 5.09. The molecule has 0 bridgehead atoms. The van der Waals surface area contributed by atoms with Crippen LogP contribution in [0.3, 0.4) is 0 Å². The Morgan fingerprint density at radius 1 is 1.05 bits per heavy atom. The van der Waals surface area contributed by atoms with Crippen LogP contribution >= 0.6 is 23.2 Å². The van der Waals surface area contributed by atoms with Gasteiger partial charge in [-0.15, -0.1) is 0 Å². The van der Waals surface area contributed by atoms with Gasteiger partial charge < -0.3 is 10.6 Å². The first kappa shape index (κ1) is 15.6. The number of anilines is 2. The molecule has 0 radical (unpaired) electrons. The van der Waals surface area contributed by atoms with Gasteiger partial charge in [-0.1, -0.05) is 41.4 Å². The van der Waals surface area contributed by atoms with E-state index < -0.39 is 0 Å². The van der Waals surface area contributed by atoms with Crippen LogP contribution in [0.1, 0.15) is 6.42 Å². The number of benzene rings is 2. The first-order valence-corrected chi connectivity index (χ1v) is 7.06. The van der Waals surface area contributed by atoms with Crippen molar-refractivity contribution in [1.82, 2.24) is 0 Å². The van der Waals surface area contributed by atoms with Crippen LogP contribution in [0.25, 0.3) is 0 Å². The van der Waals surface area contributed by atoms with E-state index in [-0.39, 0.29) is 18.1 Å². The Hall–Kier alpha value is -1.78. The van der Waals surface area contributed by atoms with Gasteiger partial charge in [0.25, 0.3) is 0 Å². The summed E-state index contributed by atoms with van der Waals surface area (Å²) in [5.41, 5.74) is 0.825. The van der Waals surface area contributed by atoms with E-state index in [1.165, 1.54) is 6.07 Å². The number of nitrogens with one attached hydrogen (secondary N) is 2. The van der Waals surface area contributed by atoms with Crippen molar-refractivity contribution >= 4 is 40.5 Å². The Kier molecular flexibility index (Phi) is 5.42. The minimum Gasteiger partial charge on any atom is -0.382 e. The molecule has 0 saturated carbocycles. The molecule has 0 fully saturated rings. The molecule has 0 saturated heterocycles. The van der Waals surface area contributed by atoms with E-state index in [2.05, 4.69) is 10.6 Å².